The van der Waals surface area contributed by atoms with E-state index < -0.39 is 0 Å². The highest BCUT2D eigenvalue weighted by atomic mass is 16.5. The maximum atomic E-state index is 12.0. The molecule has 25 heavy (non-hydrogen) atoms. The summed E-state index contributed by atoms with van der Waals surface area (Å²) >= 11 is 0. The molecule has 0 atom stereocenters. The van der Waals surface area contributed by atoms with Gasteiger partial charge in [0.05, 0.1) is 13.7 Å². The Morgan fingerprint density at radius 2 is 1.96 bits per heavy atom. The number of nitrogens with zero attached hydrogens (tertiary/aromatic N) is 2. The molecule has 2 aromatic carbocycles. The third kappa shape index (κ3) is 4.67. The minimum atomic E-state index is -0.0673. The van der Waals surface area contributed by atoms with Crippen molar-refractivity contribution < 1.29 is 13.9 Å². The number of hydrogen-bond donors (Lipinski definition) is 1. The van der Waals surface area contributed by atoms with Crippen molar-refractivity contribution in [2.24, 2.45) is 0 Å². The van der Waals surface area contributed by atoms with E-state index in [1.807, 2.05) is 54.6 Å². The van der Waals surface area contributed by atoms with Crippen molar-refractivity contribution in [2.45, 2.75) is 19.4 Å². The molecule has 0 fully saturated rings. The summed E-state index contributed by atoms with van der Waals surface area (Å²) in [7, 11) is 1.62. The Labute approximate surface area is 145 Å². The number of aromatic nitrogens is 2. The molecule has 0 aliphatic rings. The van der Waals surface area contributed by atoms with Crippen LogP contribution in [0.4, 0.5) is 0 Å². The summed E-state index contributed by atoms with van der Waals surface area (Å²) < 4.78 is 10.7. The van der Waals surface area contributed by atoms with Crippen molar-refractivity contribution in [3.05, 3.63) is 66.1 Å². The lowest BCUT2D eigenvalue weighted by Crippen LogP contribution is -2.23. The van der Waals surface area contributed by atoms with E-state index >= 15 is 0 Å². The van der Waals surface area contributed by atoms with Crippen LogP contribution in [0.15, 0.2) is 59.0 Å². The molecule has 0 spiro atoms. The van der Waals surface area contributed by atoms with E-state index in [2.05, 4.69) is 15.5 Å². The molecule has 0 radical (unpaired) electrons. The number of nitrogens with one attached hydrogen (secondary N) is 1. The van der Waals surface area contributed by atoms with Gasteiger partial charge in [-0.3, -0.25) is 4.79 Å². The van der Waals surface area contributed by atoms with Gasteiger partial charge in [-0.15, -0.1) is 10.2 Å². The Hall–Kier alpha value is -3.15. The number of carbonyl (C=O) groups excluding carboxylic acids is 1. The van der Waals surface area contributed by atoms with Crippen LogP contribution in [-0.2, 0) is 17.8 Å². The van der Waals surface area contributed by atoms with E-state index in [1.165, 1.54) is 0 Å². The van der Waals surface area contributed by atoms with Crippen LogP contribution >= 0.6 is 0 Å². The summed E-state index contributed by atoms with van der Waals surface area (Å²) in [6, 6.07) is 17.2. The largest absolute Gasteiger partial charge is 0.497 e. The van der Waals surface area contributed by atoms with Crippen molar-refractivity contribution >= 4 is 5.91 Å². The molecular formula is C19H19N3O3. The number of benzene rings is 2. The SMILES string of the molecule is COc1cccc(CCC(=O)NCc2nnc(-c3ccccc3)o2)c1. The van der Waals surface area contributed by atoms with Crippen LogP contribution in [0.5, 0.6) is 5.75 Å². The van der Waals surface area contributed by atoms with Gasteiger partial charge in [-0.2, -0.15) is 0 Å². The zero-order valence-corrected chi connectivity index (χ0v) is 13.9. The van der Waals surface area contributed by atoms with Crippen LogP contribution in [0.1, 0.15) is 17.9 Å². The second-order valence-electron chi connectivity index (χ2n) is 5.50. The van der Waals surface area contributed by atoms with Gasteiger partial charge >= 0.3 is 0 Å². The second kappa shape index (κ2) is 8.10. The third-order valence-corrected chi connectivity index (χ3v) is 3.70. The molecule has 3 aromatic rings. The van der Waals surface area contributed by atoms with Gasteiger partial charge in [-0.1, -0.05) is 30.3 Å². The van der Waals surface area contributed by atoms with E-state index in [0.29, 0.717) is 24.6 Å². The molecule has 1 N–H and O–H groups in total. The predicted octanol–water partition coefficient (Wildman–Crippen LogP) is 2.99. The van der Waals surface area contributed by atoms with Gasteiger partial charge in [0, 0.05) is 12.0 Å². The van der Waals surface area contributed by atoms with Crippen LogP contribution in [0.25, 0.3) is 11.5 Å². The van der Waals surface area contributed by atoms with Crippen molar-refractivity contribution in [2.75, 3.05) is 7.11 Å². The monoisotopic (exact) mass is 337 g/mol. The summed E-state index contributed by atoms with van der Waals surface area (Å²) in [5, 5.41) is 10.7. The quantitative estimate of drug-likeness (QED) is 0.717. The van der Waals surface area contributed by atoms with Gasteiger partial charge in [0.15, 0.2) is 0 Å². The maximum absolute atomic E-state index is 12.0. The number of methoxy groups -OCH3 is 1. The lowest BCUT2D eigenvalue weighted by atomic mass is 10.1. The Kier molecular flexibility index (Phi) is 5.41. The Morgan fingerprint density at radius 3 is 2.76 bits per heavy atom. The Balaban J connectivity index is 1.48. The van der Waals surface area contributed by atoms with Gasteiger partial charge in [0.25, 0.3) is 0 Å². The van der Waals surface area contributed by atoms with Crippen molar-refractivity contribution in [1.82, 2.24) is 15.5 Å². The average Bonchev–Trinajstić information content (AvgIpc) is 3.15. The van der Waals surface area contributed by atoms with Crippen LogP contribution in [0.3, 0.4) is 0 Å². The van der Waals surface area contributed by atoms with Gasteiger partial charge in [-0.25, -0.2) is 0 Å². The van der Waals surface area contributed by atoms with Crippen LogP contribution < -0.4 is 10.1 Å². The maximum Gasteiger partial charge on any atom is 0.247 e. The summed E-state index contributed by atoms with van der Waals surface area (Å²) in [6.07, 6.45) is 1.02. The number of carbonyl (C=O) groups is 1. The van der Waals surface area contributed by atoms with Gasteiger partial charge in [0.2, 0.25) is 17.7 Å². The molecule has 0 bridgehead atoms. The molecule has 0 saturated carbocycles. The smallest absolute Gasteiger partial charge is 0.247 e. The summed E-state index contributed by atoms with van der Waals surface area (Å²) in [5.41, 5.74) is 1.91. The third-order valence-electron chi connectivity index (χ3n) is 3.70. The molecule has 128 valence electrons. The average molecular weight is 337 g/mol. The Bertz CT molecular complexity index is 831. The van der Waals surface area contributed by atoms with Crippen LogP contribution in [-0.4, -0.2) is 23.2 Å². The second-order valence-corrected chi connectivity index (χ2v) is 5.50. The molecule has 1 heterocycles. The molecule has 0 unspecified atom stereocenters. The fourth-order valence-electron chi connectivity index (χ4n) is 2.37. The molecule has 0 aliphatic carbocycles. The molecule has 0 saturated heterocycles. The number of aryl methyl sites for hydroxylation is 1. The van der Waals surface area contributed by atoms with E-state index in [4.69, 9.17) is 9.15 Å². The molecular weight excluding hydrogens is 318 g/mol. The first kappa shape index (κ1) is 16.7. The Morgan fingerprint density at radius 1 is 1.12 bits per heavy atom. The zero-order chi connectivity index (χ0) is 17.5. The molecule has 6 nitrogen and oxygen atoms in total. The summed E-state index contributed by atoms with van der Waals surface area (Å²) in [4.78, 5) is 12.0. The minimum absolute atomic E-state index is 0.0673. The van der Waals surface area contributed by atoms with E-state index in [9.17, 15) is 4.79 Å². The molecule has 6 heteroatoms. The number of ether oxygens (including phenoxy) is 1. The topological polar surface area (TPSA) is 77.2 Å². The molecule has 1 aromatic heterocycles. The minimum Gasteiger partial charge on any atom is -0.497 e. The van der Waals surface area contributed by atoms with E-state index in [-0.39, 0.29) is 12.5 Å². The highest BCUT2D eigenvalue weighted by Crippen LogP contribution is 2.17. The van der Waals surface area contributed by atoms with Crippen molar-refractivity contribution in [1.29, 1.82) is 0 Å². The van der Waals surface area contributed by atoms with Gasteiger partial charge < -0.3 is 14.5 Å². The van der Waals surface area contributed by atoms with Crippen molar-refractivity contribution in [3.8, 4) is 17.2 Å². The number of hydrogen-bond acceptors (Lipinski definition) is 5. The lowest BCUT2D eigenvalue weighted by molar-refractivity contribution is -0.121. The summed E-state index contributed by atoms with van der Waals surface area (Å²) in [5.74, 6) is 1.55. The summed E-state index contributed by atoms with van der Waals surface area (Å²) in [6.45, 7) is 0.219. The fourth-order valence-corrected chi connectivity index (χ4v) is 2.37. The van der Waals surface area contributed by atoms with Crippen LogP contribution in [0.2, 0.25) is 0 Å². The molecule has 1 amide bonds. The first-order chi connectivity index (χ1) is 12.2. The van der Waals surface area contributed by atoms with Crippen LogP contribution in [0, 0.1) is 0 Å². The lowest BCUT2D eigenvalue weighted by Gasteiger charge is -2.05. The highest BCUT2D eigenvalue weighted by molar-refractivity contribution is 5.76. The van der Waals surface area contributed by atoms with Crippen molar-refractivity contribution in [3.63, 3.8) is 0 Å². The first-order valence-corrected chi connectivity index (χ1v) is 8.02. The number of rotatable bonds is 7. The fraction of sp³-hybridized carbons (Fsp3) is 0.211. The zero-order valence-electron chi connectivity index (χ0n) is 13.9. The van der Waals surface area contributed by atoms with E-state index in [1.54, 1.807) is 7.11 Å². The normalized spacial score (nSPS) is 10.4. The van der Waals surface area contributed by atoms with Gasteiger partial charge in [0.1, 0.15) is 5.75 Å². The molecule has 3 rings (SSSR count). The first-order valence-electron chi connectivity index (χ1n) is 8.02. The van der Waals surface area contributed by atoms with Gasteiger partial charge in [-0.05, 0) is 36.2 Å². The van der Waals surface area contributed by atoms with E-state index in [0.717, 1.165) is 16.9 Å². The predicted molar refractivity (Wildman–Crippen MR) is 92.9 cm³/mol. The highest BCUT2D eigenvalue weighted by Gasteiger charge is 2.09. The molecule has 0 aliphatic heterocycles. The standard InChI is InChI=1S/C19H19N3O3/c1-24-16-9-5-6-14(12-16)10-11-17(23)20-13-18-21-22-19(25-18)15-7-3-2-4-8-15/h2-9,12H,10-11,13H2,1H3,(H,20,23). The number of amides is 1.